The van der Waals surface area contributed by atoms with E-state index in [2.05, 4.69) is 16.0 Å². The summed E-state index contributed by atoms with van der Waals surface area (Å²) in [6, 6.07) is 23.5. The predicted octanol–water partition coefficient (Wildman–Crippen LogP) is 5.79. The summed E-state index contributed by atoms with van der Waals surface area (Å²) in [4.78, 5) is 35.6. The zero-order valence-corrected chi connectivity index (χ0v) is 26.7. The first-order chi connectivity index (χ1) is 21.8. The number of nitrogens with one attached hydrogen (secondary N) is 3. The first kappa shape index (κ1) is 34.2. The SMILES string of the molecule is CC(=O)NCCCCCC(=O)NCc1ccc([C@@H]2O[C@H](CSc3ccc(NC(C)=O)cc3)C[C@H](c3ccc(CO)cc3)O2)cc1. The molecule has 3 aromatic rings. The Bertz CT molecular complexity index is 1380. The fourth-order valence-corrected chi connectivity index (χ4v) is 5.90. The summed E-state index contributed by atoms with van der Waals surface area (Å²) in [5.41, 5.74) is 4.53. The van der Waals surface area contributed by atoms with E-state index >= 15 is 0 Å². The van der Waals surface area contributed by atoms with Crippen LogP contribution >= 0.6 is 11.8 Å². The summed E-state index contributed by atoms with van der Waals surface area (Å²) in [5, 5.41) is 18.0. The van der Waals surface area contributed by atoms with Crippen molar-refractivity contribution in [2.75, 3.05) is 17.6 Å². The molecule has 1 saturated heterocycles. The second-order valence-corrected chi connectivity index (χ2v) is 12.3. The van der Waals surface area contributed by atoms with Crippen LogP contribution in [0.25, 0.3) is 0 Å². The van der Waals surface area contributed by atoms with Gasteiger partial charge in [-0.05, 0) is 53.8 Å². The number of aliphatic hydroxyl groups is 1. The minimum atomic E-state index is -0.560. The number of anilines is 1. The van der Waals surface area contributed by atoms with Gasteiger partial charge < -0.3 is 30.5 Å². The number of thioether (sulfide) groups is 1. The number of unbranched alkanes of at least 4 members (excludes halogenated alkanes) is 2. The molecule has 0 bridgehead atoms. The van der Waals surface area contributed by atoms with Gasteiger partial charge in [0.2, 0.25) is 17.7 Å². The Kier molecular flexibility index (Phi) is 13.4. The average molecular weight is 634 g/mol. The number of aliphatic hydroxyl groups excluding tert-OH is 1. The predicted molar refractivity (Wildman–Crippen MR) is 175 cm³/mol. The second kappa shape index (κ2) is 17.7. The van der Waals surface area contributed by atoms with Gasteiger partial charge in [0.25, 0.3) is 0 Å². The molecule has 3 atom stereocenters. The van der Waals surface area contributed by atoms with Gasteiger partial charge in [-0.1, -0.05) is 55.0 Å². The van der Waals surface area contributed by atoms with Crippen molar-refractivity contribution in [3.8, 4) is 0 Å². The zero-order chi connectivity index (χ0) is 32.0. The molecule has 240 valence electrons. The third-order valence-electron chi connectivity index (χ3n) is 7.42. The molecule has 4 rings (SSSR count). The Morgan fingerprint density at radius 2 is 1.49 bits per heavy atom. The number of ether oxygens (including phenoxy) is 2. The lowest BCUT2D eigenvalue weighted by Crippen LogP contribution is -2.31. The Hall–Kier alpha value is -3.70. The van der Waals surface area contributed by atoms with Gasteiger partial charge in [-0.25, -0.2) is 0 Å². The van der Waals surface area contributed by atoms with Crippen LogP contribution in [0.5, 0.6) is 0 Å². The molecule has 0 aromatic heterocycles. The van der Waals surface area contributed by atoms with Crippen molar-refractivity contribution in [3.63, 3.8) is 0 Å². The lowest BCUT2D eigenvalue weighted by molar-refractivity contribution is -0.245. The van der Waals surface area contributed by atoms with Crippen LogP contribution < -0.4 is 16.0 Å². The van der Waals surface area contributed by atoms with E-state index in [1.165, 1.54) is 13.8 Å². The summed E-state index contributed by atoms with van der Waals surface area (Å²) in [6.07, 6.45) is 2.86. The Balaban J connectivity index is 1.33. The quantitative estimate of drug-likeness (QED) is 0.123. The van der Waals surface area contributed by atoms with Crippen molar-refractivity contribution in [2.45, 2.75) is 82.5 Å². The van der Waals surface area contributed by atoms with Crippen LogP contribution in [0, 0.1) is 0 Å². The van der Waals surface area contributed by atoms with Gasteiger partial charge in [-0.15, -0.1) is 11.8 Å². The number of hydrogen-bond donors (Lipinski definition) is 4. The number of hydrogen-bond acceptors (Lipinski definition) is 7. The van der Waals surface area contributed by atoms with Crippen LogP contribution in [0.15, 0.2) is 77.7 Å². The maximum atomic E-state index is 12.3. The van der Waals surface area contributed by atoms with E-state index < -0.39 is 6.29 Å². The molecular weight excluding hydrogens is 590 g/mol. The van der Waals surface area contributed by atoms with Crippen LogP contribution in [0.1, 0.15) is 80.6 Å². The second-order valence-electron chi connectivity index (χ2n) is 11.2. The highest BCUT2D eigenvalue weighted by molar-refractivity contribution is 7.99. The van der Waals surface area contributed by atoms with Gasteiger partial charge in [-0.2, -0.15) is 0 Å². The summed E-state index contributed by atoms with van der Waals surface area (Å²) >= 11 is 1.69. The molecule has 4 N–H and O–H groups in total. The van der Waals surface area contributed by atoms with Crippen LogP contribution in [0.4, 0.5) is 5.69 Å². The molecule has 9 nitrogen and oxygen atoms in total. The lowest BCUT2D eigenvalue weighted by Gasteiger charge is -2.36. The molecule has 0 aliphatic carbocycles. The molecule has 1 aliphatic rings. The molecule has 0 spiro atoms. The standard InChI is InChI=1S/C35H43N3O6S/c1-24(40)36-19-5-3-4-6-34(42)37-21-26-7-13-29(14-8-26)35-43-31(20-33(44-35)28-11-9-27(22-39)10-12-28)23-45-32-17-15-30(16-18-32)38-25(2)41/h7-18,31,33,35,39H,3-6,19-23H2,1-2H3,(H,36,40)(H,37,42)(H,38,41)/t31-,33+,35+/m0/s1. The van der Waals surface area contributed by atoms with Crippen molar-refractivity contribution in [1.82, 2.24) is 10.6 Å². The van der Waals surface area contributed by atoms with E-state index in [1.54, 1.807) is 11.8 Å². The van der Waals surface area contributed by atoms with E-state index in [0.29, 0.717) is 25.9 Å². The van der Waals surface area contributed by atoms with Crippen molar-refractivity contribution >= 4 is 35.2 Å². The van der Waals surface area contributed by atoms with Crippen molar-refractivity contribution in [1.29, 1.82) is 0 Å². The van der Waals surface area contributed by atoms with Gasteiger partial charge in [0, 0.05) is 61.7 Å². The van der Waals surface area contributed by atoms with Crippen LogP contribution in [0.3, 0.4) is 0 Å². The monoisotopic (exact) mass is 633 g/mol. The summed E-state index contributed by atoms with van der Waals surface area (Å²) in [7, 11) is 0. The fraction of sp³-hybridized carbons (Fsp3) is 0.400. The maximum absolute atomic E-state index is 12.3. The minimum absolute atomic E-state index is 0.00965. The molecule has 1 fully saturated rings. The maximum Gasteiger partial charge on any atom is 0.221 e. The molecule has 3 amide bonds. The minimum Gasteiger partial charge on any atom is -0.392 e. The molecule has 1 aliphatic heterocycles. The normalized spacial score (nSPS) is 17.8. The molecule has 1 heterocycles. The number of carbonyl (C=O) groups is 3. The van der Waals surface area contributed by atoms with Gasteiger partial charge in [0.05, 0.1) is 18.8 Å². The Morgan fingerprint density at radius 1 is 0.800 bits per heavy atom. The van der Waals surface area contributed by atoms with Crippen molar-refractivity contribution in [2.24, 2.45) is 0 Å². The third kappa shape index (κ3) is 11.6. The van der Waals surface area contributed by atoms with Gasteiger partial charge in [0.15, 0.2) is 6.29 Å². The van der Waals surface area contributed by atoms with Crippen molar-refractivity contribution in [3.05, 3.63) is 95.1 Å². The zero-order valence-electron chi connectivity index (χ0n) is 25.9. The molecule has 3 aromatic carbocycles. The third-order valence-corrected chi connectivity index (χ3v) is 8.57. The van der Waals surface area contributed by atoms with Crippen LogP contribution in [-0.2, 0) is 37.0 Å². The van der Waals surface area contributed by atoms with Gasteiger partial charge in [-0.3, -0.25) is 14.4 Å². The number of amides is 3. The molecular formula is C35H43N3O6S. The Labute approximate surface area is 269 Å². The molecule has 0 unspecified atom stereocenters. The van der Waals surface area contributed by atoms with E-state index in [4.69, 9.17) is 9.47 Å². The summed E-state index contributed by atoms with van der Waals surface area (Å²) < 4.78 is 12.9. The number of benzene rings is 3. The first-order valence-electron chi connectivity index (χ1n) is 15.4. The number of carbonyl (C=O) groups excluding carboxylic acids is 3. The molecule has 0 saturated carbocycles. The van der Waals surface area contributed by atoms with Crippen LogP contribution in [0.2, 0.25) is 0 Å². The van der Waals surface area contributed by atoms with E-state index in [-0.39, 0.29) is 36.5 Å². The van der Waals surface area contributed by atoms with Crippen molar-refractivity contribution < 1.29 is 29.0 Å². The highest BCUT2D eigenvalue weighted by Gasteiger charge is 2.32. The molecule has 10 heteroatoms. The van der Waals surface area contributed by atoms with E-state index in [1.807, 2.05) is 72.8 Å². The van der Waals surface area contributed by atoms with Gasteiger partial charge >= 0.3 is 0 Å². The highest BCUT2D eigenvalue weighted by atomic mass is 32.2. The highest BCUT2D eigenvalue weighted by Crippen LogP contribution is 2.39. The average Bonchev–Trinajstić information content (AvgIpc) is 3.05. The topological polar surface area (TPSA) is 126 Å². The molecule has 0 radical (unpaired) electrons. The molecule has 45 heavy (non-hydrogen) atoms. The lowest BCUT2D eigenvalue weighted by atomic mass is 10.0. The largest absolute Gasteiger partial charge is 0.392 e. The first-order valence-corrected chi connectivity index (χ1v) is 16.4. The van der Waals surface area contributed by atoms with E-state index in [0.717, 1.165) is 57.9 Å². The fourth-order valence-electron chi connectivity index (χ4n) is 4.98. The summed E-state index contributed by atoms with van der Waals surface area (Å²) in [5.74, 6) is 0.603. The van der Waals surface area contributed by atoms with Crippen LogP contribution in [-0.4, -0.2) is 41.2 Å². The Morgan fingerprint density at radius 3 is 2.16 bits per heavy atom. The van der Waals surface area contributed by atoms with Gasteiger partial charge in [0.1, 0.15) is 0 Å². The smallest absolute Gasteiger partial charge is 0.221 e. The van der Waals surface area contributed by atoms with E-state index in [9.17, 15) is 19.5 Å². The summed E-state index contributed by atoms with van der Waals surface area (Å²) in [6.45, 7) is 4.07. The number of rotatable bonds is 15.